The van der Waals surface area contributed by atoms with Gasteiger partial charge in [0.25, 0.3) is 0 Å². The average Bonchev–Trinajstić information content (AvgIpc) is 2.77. The van der Waals surface area contributed by atoms with Crippen molar-refractivity contribution in [3.05, 3.63) is 60.8 Å². The van der Waals surface area contributed by atoms with Crippen molar-refractivity contribution in [3.63, 3.8) is 0 Å². The third-order valence-corrected chi connectivity index (χ3v) is 4.33. The van der Waals surface area contributed by atoms with Gasteiger partial charge >= 0.3 is 5.97 Å². The van der Waals surface area contributed by atoms with E-state index in [1.807, 2.05) is 6.92 Å². The van der Waals surface area contributed by atoms with Crippen molar-refractivity contribution in [1.29, 1.82) is 0 Å². The Morgan fingerprint density at radius 2 is 1.35 bits per heavy atom. The fourth-order valence-corrected chi connectivity index (χ4v) is 2.62. The lowest BCUT2D eigenvalue weighted by Gasteiger charge is -2.15. The van der Waals surface area contributed by atoms with Gasteiger partial charge in [0, 0.05) is 13.0 Å². The van der Waals surface area contributed by atoms with Crippen LogP contribution in [0.15, 0.2) is 60.8 Å². The Labute approximate surface area is 190 Å². The lowest BCUT2D eigenvalue weighted by atomic mass is 10.2. The van der Waals surface area contributed by atoms with E-state index in [4.69, 9.17) is 9.47 Å². The van der Waals surface area contributed by atoms with Crippen molar-refractivity contribution in [1.82, 2.24) is 0 Å². The molecule has 176 valence electrons. The Hall–Kier alpha value is -1.91. The van der Waals surface area contributed by atoms with Crippen molar-refractivity contribution in [2.75, 3.05) is 19.8 Å². The van der Waals surface area contributed by atoms with E-state index >= 15 is 0 Å². The van der Waals surface area contributed by atoms with Gasteiger partial charge in [0.2, 0.25) is 0 Å². The topological polar surface area (TPSA) is 55.8 Å². The molecule has 0 saturated carbocycles. The fraction of sp³-hybridized carbons (Fsp3) is 0.593. The van der Waals surface area contributed by atoms with Crippen molar-refractivity contribution < 1.29 is 19.4 Å². The molecule has 1 atom stereocenters. The highest BCUT2D eigenvalue weighted by atomic mass is 16.6. The fourth-order valence-electron chi connectivity index (χ4n) is 2.62. The van der Waals surface area contributed by atoms with Gasteiger partial charge in [-0.25, -0.2) is 0 Å². The summed E-state index contributed by atoms with van der Waals surface area (Å²) in [6.07, 6.45) is 30.7. The van der Waals surface area contributed by atoms with Crippen LogP contribution in [-0.2, 0) is 14.3 Å². The van der Waals surface area contributed by atoms with Crippen LogP contribution in [0.4, 0.5) is 0 Å². The van der Waals surface area contributed by atoms with Gasteiger partial charge in [-0.1, -0.05) is 74.6 Å². The molecule has 0 rings (SSSR count). The average molecular weight is 433 g/mol. The van der Waals surface area contributed by atoms with Crippen LogP contribution in [0.3, 0.4) is 0 Å². The normalized spacial score (nSPS) is 13.5. The van der Waals surface area contributed by atoms with Crippen molar-refractivity contribution in [2.24, 2.45) is 0 Å². The quantitative estimate of drug-likeness (QED) is 0.133. The summed E-state index contributed by atoms with van der Waals surface area (Å²) in [5.74, 6) is -0.274. The molecule has 0 fully saturated rings. The molecule has 1 unspecified atom stereocenters. The summed E-state index contributed by atoms with van der Waals surface area (Å²) < 4.78 is 10.6. The lowest BCUT2D eigenvalue weighted by molar-refractivity contribution is -0.154. The first-order valence-corrected chi connectivity index (χ1v) is 11.9. The molecule has 0 amide bonds. The van der Waals surface area contributed by atoms with Gasteiger partial charge in [-0.3, -0.25) is 4.79 Å². The maximum Gasteiger partial charge on any atom is 0.306 e. The van der Waals surface area contributed by atoms with Crippen LogP contribution in [0.1, 0.15) is 78.1 Å². The van der Waals surface area contributed by atoms with Crippen LogP contribution >= 0.6 is 0 Å². The van der Waals surface area contributed by atoms with Gasteiger partial charge in [0.05, 0.1) is 13.2 Å². The Balaban J connectivity index is 3.55. The van der Waals surface area contributed by atoms with E-state index in [1.54, 1.807) is 0 Å². The molecule has 0 saturated heterocycles. The van der Waals surface area contributed by atoms with E-state index in [2.05, 4.69) is 67.7 Å². The number of esters is 1. The summed E-state index contributed by atoms with van der Waals surface area (Å²) in [6, 6.07) is 0. The number of hydrogen-bond acceptors (Lipinski definition) is 4. The van der Waals surface area contributed by atoms with Crippen LogP contribution in [-0.4, -0.2) is 37.0 Å². The first-order chi connectivity index (χ1) is 15.2. The van der Waals surface area contributed by atoms with E-state index < -0.39 is 6.10 Å². The second-order valence-electron chi connectivity index (χ2n) is 7.32. The smallest absolute Gasteiger partial charge is 0.306 e. The number of ether oxygens (including phenoxy) is 2. The standard InChI is InChI=1S/C27H44O4/c1-3-5-6-7-8-9-10-11-12-13-14-15-16-17-18-19-20-21-23-30-25-26(24-28)31-27(29)22-4-2/h5-6,8-9,11-12,14-15,17-18,26,28H,3-4,7,10,13,16,19-25H2,1-2H3/b6-5-,9-8-,12-11-,15-14-,18-17-. The van der Waals surface area contributed by atoms with Crippen LogP contribution in [0.5, 0.6) is 0 Å². The Morgan fingerprint density at radius 1 is 0.806 bits per heavy atom. The molecule has 0 aromatic rings. The molecule has 0 radical (unpaired) electrons. The molecule has 0 aliphatic rings. The largest absolute Gasteiger partial charge is 0.457 e. The molecule has 4 nitrogen and oxygen atoms in total. The van der Waals surface area contributed by atoms with E-state index in [0.29, 0.717) is 13.0 Å². The molecule has 0 spiro atoms. The van der Waals surface area contributed by atoms with Gasteiger partial charge in [-0.15, -0.1) is 0 Å². The van der Waals surface area contributed by atoms with Crippen LogP contribution in [0, 0.1) is 0 Å². The van der Waals surface area contributed by atoms with Crippen molar-refractivity contribution >= 4 is 5.97 Å². The highest BCUT2D eigenvalue weighted by Gasteiger charge is 2.12. The number of carbonyl (C=O) groups excluding carboxylic acids is 1. The minimum atomic E-state index is -0.551. The SMILES string of the molecule is CC/C=C\C/C=C\C/C=C\C/C=C\C/C=C\CCCCOCC(CO)OC(=O)CCC. The Bertz CT molecular complexity index is 543. The Kier molecular flexibility index (Phi) is 22.9. The molecular weight excluding hydrogens is 388 g/mol. The summed E-state index contributed by atoms with van der Waals surface area (Å²) >= 11 is 0. The number of rotatable bonds is 20. The van der Waals surface area contributed by atoms with E-state index in [0.717, 1.165) is 57.8 Å². The van der Waals surface area contributed by atoms with Gasteiger partial charge < -0.3 is 14.6 Å². The first kappa shape index (κ1) is 29.1. The number of unbranched alkanes of at least 4 members (excludes halogenated alkanes) is 2. The second kappa shape index (κ2) is 24.4. The van der Waals surface area contributed by atoms with Gasteiger partial charge in [-0.2, -0.15) is 0 Å². The van der Waals surface area contributed by atoms with Crippen LogP contribution in [0.25, 0.3) is 0 Å². The van der Waals surface area contributed by atoms with E-state index in [1.165, 1.54) is 0 Å². The highest BCUT2D eigenvalue weighted by Crippen LogP contribution is 2.02. The monoisotopic (exact) mass is 432 g/mol. The Morgan fingerprint density at radius 3 is 1.87 bits per heavy atom. The van der Waals surface area contributed by atoms with Gasteiger partial charge in [0.15, 0.2) is 0 Å². The van der Waals surface area contributed by atoms with Crippen LogP contribution in [0.2, 0.25) is 0 Å². The summed E-state index contributed by atoms with van der Waals surface area (Å²) in [4.78, 5) is 11.4. The lowest BCUT2D eigenvalue weighted by Crippen LogP contribution is -2.27. The maximum atomic E-state index is 11.4. The molecule has 0 bridgehead atoms. The predicted octanol–water partition coefficient (Wildman–Crippen LogP) is 6.63. The number of allylic oxidation sites excluding steroid dienone is 10. The van der Waals surface area contributed by atoms with Gasteiger partial charge in [0.1, 0.15) is 6.10 Å². The predicted molar refractivity (Wildman–Crippen MR) is 131 cm³/mol. The third kappa shape index (κ3) is 22.6. The summed E-state index contributed by atoms with van der Waals surface area (Å²) in [5.41, 5.74) is 0. The number of aliphatic hydroxyl groups is 1. The zero-order valence-corrected chi connectivity index (χ0v) is 19.7. The summed E-state index contributed by atoms with van der Waals surface area (Å²) in [6.45, 7) is 4.75. The van der Waals surface area contributed by atoms with E-state index in [-0.39, 0.29) is 19.2 Å². The maximum absolute atomic E-state index is 11.4. The van der Waals surface area contributed by atoms with Crippen molar-refractivity contribution in [3.8, 4) is 0 Å². The molecule has 0 aromatic carbocycles. The molecule has 0 aliphatic carbocycles. The minimum absolute atomic E-state index is 0.199. The molecule has 4 heteroatoms. The molecular formula is C27H44O4. The number of carbonyl (C=O) groups is 1. The summed E-state index contributed by atoms with van der Waals surface area (Å²) in [5, 5.41) is 9.22. The number of aliphatic hydroxyl groups excluding tert-OH is 1. The molecule has 1 N–H and O–H groups in total. The molecule has 0 heterocycles. The van der Waals surface area contributed by atoms with E-state index in [9.17, 15) is 9.90 Å². The van der Waals surface area contributed by atoms with Gasteiger partial charge in [-0.05, 0) is 57.8 Å². The number of hydrogen-bond donors (Lipinski definition) is 1. The highest BCUT2D eigenvalue weighted by molar-refractivity contribution is 5.69. The van der Waals surface area contributed by atoms with Crippen molar-refractivity contribution in [2.45, 2.75) is 84.2 Å². The molecule has 0 aliphatic heterocycles. The molecule has 31 heavy (non-hydrogen) atoms. The zero-order valence-electron chi connectivity index (χ0n) is 19.7. The second-order valence-corrected chi connectivity index (χ2v) is 7.32. The summed E-state index contributed by atoms with van der Waals surface area (Å²) in [7, 11) is 0. The van der Waals surface area contributed by atoms with Crippen LogP contribution < -0.4 is 0 Å². The third-order valence-electron chi connectivity index (χ3n) is 4.33. The first-order valence-electron chi connectivity index (χ1n) is 11.9. The zero-order chi connectivity index (χ0) is 22.8. The molecule has 0 aromatic heterocycles. The minimum Gasteiger partial charge on any atom is -0.457 e.